The molecule has 1 aromatic rings. The molecule has 0 bridgehead atoms. The fraction of sp³-hybridized carbons (Fsp3) is 0.273. The van der Waals surface area contributed by atoms with E-state index in [4.69, 9.17) is 5.84 Å². The molecule has 2 nitrogen and oxygen atoms in total. The van der Waals surface area contributed by atoms with Crippen LogP contribution in [0.1, 0.15) is 12.0 Å². The van der Waals surface area contributed by atoms with Crippen molar-refractivity contribution in [1.29, 1.82) is 0 Å². The van der Waals surface area contributed by atoms with Gasteiger partial charge in [0.25, 0.3) is 0 Å². The van der Waals surface area contributed by atoms with Gasteiger partial charge in [0.1, 0.15) is 5.82 Å². The number of nitrogens with one attached hydrogen (secondary N) is 1. The van der Waals surface area contributed by atoms with Crippen LogP contribution in [0, 0.1) is 5.82 Å². The first-order chi connectivity index (χ1) is 7.15. The Kier molecular flexibility index (Phi) is 4.94. The lowest BCUT2D eigenvalue weighted by atomic mass is 10.0. The van der Waals surface area contributed by atoms with Crippen LogP contribution in [0.25, 0.3) is 0 Å². The minimum atomic E-state index is -0.242. The van der Waals surface area contributed by atoms with E-state index in [1.165, 1.54) is 12.1 Å². The van der Waals surface area contributed by atoms with Gasteiger partial charge in [-0.15, -0.1) is 6.58 Å². The maximum absolute atomic E-state index is 13.1. The molecule has 3 N–H and O–H groups in total. The van der Waals surface area contributed by atoms with E-state index in [9.17, 15) is 4.39 Å². The topological polar surface area (TPSA) is 38.0 Å². The van der Waals surface area contributed by atoms with E-state index in [1.54, 1.807) is 6.08 Å². The standard InChI is InChI=1S/C11H14BrFN2/c1-2-3-11(15-14)6-8-4-9(12)7-10(13)5-8/h2,4-5,7,11,15H,1,3,6,14H2. The van der Waals surface area contributed by atoms with Gasteiger partial charge in [0, 0.05) is 10.5 Å². The summed E-state index contributed by atoms with van der Waals surface area (Å²) in [5.41, 5.74) is 3.59. The normalized spacial score (nSPS) is 12.5. The second-order valence-corrected chi connectivity index (χ2v) is 4.29. The van der Waals surface area contributed by atoms with E-state index in [1.807, 2.05) is 6.07 Å². The second kappa shape index (κ2) is 6.00. The molecule has 1 unspecified atom stereocenters. The van der Waals surface area contributed by atoms with Gasteiger partial charge in [-0.25, -0.2) is 4.39 Å². The van der Waals surface area contributed by atoms with Crippen molar-refractivity contribution < 1.29 is 4.39 Å². The van der Waals surface area contributed by atoms with Crippen molar-refractivity contribution in [3.8, 4) is 0 Å². The fourth-order valence-corrected chi connectivity index (χ4v) is 1.94. The predicted octanol–water partition coefficient (Wildman–Crippen LogP) is 2.54. The van der Waals surface area contributed by atoms with Crippen LogP contribution in [0.2, 0.25) is 0 Å². The number of benzene rings is 1. The molecule has 1 aromatic carbocycles. The van der Waals surface area contributed by atoms with Gasteiger partial charge in [-0.1, -0.05) is 22.0 Å². The van der Waals surface area contributed by atoms with E-state index < -0.39 is 0 Å². The maximum Gasteiger partial charge on any atom is 0.124 e. The first-order valence-electron chi connectivity index (χ1n) is 4.67. The zero-order valence-corrected chi connectivity index (χ0v) is 9.93. The van der Waals surface area contributed by atoms with Crippen LogP contribution in [0.3, 0.4) is 0 Å². The van der Waals surface area contributed by atoms with Gasteiger partial charge < -0.3 is 0 Å². The zero-order chi connectivity index (χ0) is 11.3. The van der Waals surface area contributed by atoms with Crippen LogP contribution in [-0.4, -0.2) is 6.04 Å². The van der Waals surface area contributed by atoms with Gasteiger partial charge in [-0.3, -0.25) is 11.3 Å². The number of hydrazine groups is 1. The summed E-state index contributed by atoms with van der Waals surface area (Å²) in [6, 6.07) is 4.92. The highest BCUT2D eigenvalue weighted by Crippen LogP contribution is 2.16. The van der Waals surface area contributed by atoms with Gasteiger partial charge in [-0.05, 0) is 36.6 Å². The number of halogens is 2. The van der Waals surface area contributed by atoms with Crippen LogP contribution >= 0.6 is 15.9 Å². The monoisotopic (exact) mass is 272 g/mol. The Hall–Kier alpha value is -0.710. The van der Waals surface area contributed by atoms with E-state index in [-0.39, 0.29) is 11.9 Å². The van der Waals surface area contributed by atoms with Crippen molar-refractivity contribution in [3.05, 3.63) is 46.7 Å². The highest BCUT2D eigenvalue weighted by molar-refractivity contribution is 9.10. The summed E-state index contributed by atoms with van der Waals surface area (Å²) in [4.78, 5) is 0. The average Bonchev–Trinajstić information content (AvgIpc) is 2.15. The molecule has 0 spiro atoms. The minimum Gasteiger partial charge on any atom is -0.271 e. The molecule has 1 rings (SSSR count). The smallest absolute Gasteiger partial charge is 0.124 e. The Bertz CT molecular complexity index is 321. The van der Waals surface area contributed by atoms with Crippen LogP contribution in [0.5, 0.6) is 0 Å². The molecule has 0 heterocycles. The molecular formula is C11H14BrFN2. The van der Waals surface area contributed by atoms with Crippen LogP contribution < -0.4 is 11.3 Å². The Labute approximate surface area is 97.5 Å². The highest BCUT2D eigenvalue weighted by Gasteiger charge is 2.07. The summed E-state index contributed by atoms with van der Waals surface area (Å²) in [6.07, 6.45) is 3.22. The first-order valence-corrected chi connectivity index (χ1v) is 5.47. The van der Waals surface area contributed by atoms with E-state index in [0.717, 1.165) is 16.5 Å². The molecule has 82 valence electrons. The number of hydrogen-bond donors (Lipinski definition) is 2. The number of rotatable bonds is 5. The Morgan fingerprint density at radius 1 is 1.53 bits per heavy atom. The van der Waals surface area contributed by atoms with Crippen LogP contribution in [-0.2, 0) is 6.42 Å². The summed E-state index contributed by atoms with van der Waals surface area (Å²) >= 11 is 3.25. The summed E-state index contributed by atoms with van der Waals surface area (Å²) in [6.45, 7) is 3.65. The molecule has 0 aliphatic carbocycles. The maximum atomic E-state index is 13.1. The molecule has 0 aliphatic heterocycles. The van der Waals surface area contributed by atoms with Gasteiger partial charge in [0.2, 0.25) is 0 Å². The van der Waals surface area contributed by atoms with Crippen molar-refractivity contribution in [2.24, 2.45) is 5.84 Å². The Morgan fingerprint density at radius 3 is 2.80 bits per heavy atom. The minimum absolute atomic E-state index is 0.0937. The van der Waals surface area contributed by atoms with Gasteiger partial charge in [0.15, 0.2) is 0 Å². The molecule has 0 aromatic heterocycles. The van der Waals surface area contributed by atoms with E-state index >= 15 is 0 Å². The molecule has 0 amide bonds. The summed E-state index contributed by atoms with van der Waals surface area (Å²) in [5.74, 6) is 5.14. The first kappa shape index (κ1) is 12.4. The van der Waals surface area contributed by atoms with E-state index in [2.05, 4.69) is 27.9 Å². The van der Waals surface area contributed by atoms with Gasteiger partial charge in [0.05, 0.1) is 0 Å². The third kappa shape index (κ3) is 4.11. The summed E-state index contributed by atoms with van der Waals surface area (Å²) in [5, 5.41) is 0. The largest absolute Gasteiger partial charge is 0.271 e. The van der Waals surface area contributed by atoms with Crippen molar-refractivity contribution in [2.75, 3.05) is 0 Å². The Balaban J connectivity index is 2.73. The summed E-state index contributed by atoms with van der Waals surface area (Å²) in [7, 11) is 0. The lowest BCUT2D eigenvalue weighted by Gasteiger charge is -2.13. The molecular weight excluding hydrogens is 259 g/mol. The van der Waals surface area contributed by atoms with E-state index in [0.29, 0.717) is 6.42 Å². The number of nitrogens with two attached hydrogens (primary N) is 1. The molecule has 0 radical (unpaired) electrons. The SMILES string of the molecule is C=CCC(Cc1cc(F)cc(Br)c1)NN. The molecule has 15 heavy (non-hydrogen) atoms. The van der Waals surface area contributed by atoms with Crippen molar-refractivity contribution in [1.82, 2.24) is 5.43 Å². The molecule has 0 aliphatic rings. The third-order valence-corrected chi connectivity index (χ3v) is 2.55. The molecule has 0 saturated heterocycles. The molecule has 4 heteroatoms. The van der Waals surface area contributed by atoms with Crippen molar-refractivity contribution >= 4 is 15.9 Å². The van der Waals surface area contributed by atoms with Crippen molar-refractivity contribution in [2.45, 2.75) is 18.9 Å². The lowest BCUT2D eigenvalue weighted by molar-refractivity contribution is 0.528. The third-order valence-electron chi connectivity index (χ3n) is 2.09. The predicted molar refractivity (Wildman–Crippen MR) is 63.7 cm³/mol. The Morgan fingerprint density at radius 2 is 2.27 bits per heavy atom. The highest BCUT2D eigenvalue weighted by atomic mass is 79.9. The second-order valence-electron chi connectivity index (χ2n) is 3.37. The average molecular weight is 273 g/mol. The quantitative estimate of drug-likeness (QED) is 0.491. The van der Waals surface area contributed by atoms with Gasteiger partial charge in [-0.2, -0.15) is 0 Å². The van der Waals surface area contributed by atoms with Gasteiger partial charge >= 0.3 is 0 Å². The molecule has 0 fully saturated rings. The number of hydrogen-bond acceptors (Lipinski definition) is 2. The summed E-state index contributed by atoms with van der Waals surface area (Å²) < 4.78 is 13.8. The fourth-order valence-electron chi connectivity index (χ4n) is 1.42. The van der Waals surface area contributed by atoms with Crippen LogP contribution in [0.4, 0.5) is 4.39 Å². The van der Waals surface area contributed by atoms with Crippen molar-refractivity contribution in [3.63, 3.8) is 0 Å². The van der Waals surface area contributed by atoms with Crippen LogP contribution in [0.15, 0.2) is 35.3 Å². The zero-order valence-electron chi connectivity index (χ0n) is 8.34. The molecule has 0 saturated carbocycles. The molecule has 1 atom stereocenters. The lowest BCUT2D eigenvalue weighted by Crippen LogP contribution is -2.36.